The number of ether oxygens (including phenoxy) is 1. The Hall–Kier alpha value is -1.97. The van der Waals surface area contributed by atoms with Gasteiger partial charge >= 0.3 is 6.18 Å². The third-order valence-corrected chi connectivity index (χ3v) is 2.90. The monoisotopic (exact) mass is 266 g/mol. The summed E-state index contributed by atoms with van der Waals surface area (Å²) in [7, 11) is 0. The summed E-state index contributed by atoms with van der Waals surface area (Å²) in [6.07, 6.45) is -4.32. The second-order valence-electron chi connectivity index (χ2n) is 4.37. The highest BCUT2D eigenvalue weighted by atomic mass is 19.4. The highest BCUT2D eigenvalue weighted by Crippen LogP contribution is 2.31. The lowest BCUT2D eigenvalue weighted by Gasteiger charge is -2.10. The first-order valence-corrected chi connectivity index (χ1v) is 5.78. The molecule has 1 nitrogen and oxygen atoms in total. The molecule has 0 fully saturated rings. The van der Waals surface area contributed by atoms with E-state index in [0.717, 1.165) is 23.3 Å². The van der Waals surface area contributed by atoms with E-state index in [0.29, 0.717) is 11.5 Å². The maximum Gasteiger partial charge on any atom is 0.416 e. The van der Waals surface area contributed by atoms with Gasteiger partial charge in [0.1, 0.15) is 11.5 Å². The van der Waals surface area contributed by atoms with Crippen molar-refractivity contribution in [1.82, 2.24) is 0 Å². The number of aryl methyl sites for hydroxylation is 2. The van der Waals surface area contributed by atoms with Gasteiger partial charge in [0.05, 0.1) is 5.56 Å². The van der Waals surface area contributed by atoms with E-state index in [-0.39, 0.29) is 0 Å². The summed E-state index contributed by atoms with van der Waals surface area (Å²) in [5.74, 6) is 0.999. The molecule has 0 aliphatic heterocycles. The molecule has 0 radical (unpaired) electrons. The maximum atomic E-state index is 12.4. The molecular weight excluding hydrogens is 253 g/mol. The van der Waals surface area contributed by atoms with Gasteiger partial charge < -0.3 is 4.74 Å². The van der Waals surface area contributed by atoms with Crippen molar-refractivity contribution in [3.8, 4) is 11.5 Å². The van der Waals surface area contributed by atoms with Gasteiger partial charge in [-0.3, -0.25) is 0 Å². The van der Waals surface area contributed by atoms with Crippen LogP contribution in [0.4, 0.5) is 13.2 Å². The Bertz CT molecular complexity index is 571. The van der Waals surface area contributed by atoms with Crippen molar-refractivity contribution < 1.29 is 17.9 Å². The molecule has 0 amide bonds. The standard InChI is InChI=1S/C15H13F3O/c1-10-3-6-14(9-11(10)2)19-13-7-4-12(5-8-13)15(16,17)18/h3-9H,1-2H3. The number of hydrogen-bond acceptors (Lipinski definition) is 1. The lowest BCUT2D eigenvalue weighted by Crippen LogP contribution is -2.03. The molecule has 0 aliphatic carbocycles. The number of hydrogen-bond donors (Lipinski definition) is 0. The van der Waals surface area contributed by atoms with Crippen LogP contribution in [0.25, 0.3) is 0 Å². The van der Waals surface area contributed by atoms with Crippen LogP contribution in [0.3, 0.4) is 0 Å². The van der Waals surface area contributed by atoms with Crippen molar-refractivity contribution in [2.75, 3.05) is 0 Å². The first-order chi connectivity index (χ1) is 8.86. The Morgan fingerprint density at radius 3 is 1.89 bits per heavy atom. The smallest absolute Gasteiger partial charge is 0.416 e. The number of rotatable bonds is 2. The van der Waals surface area contributed by atoms with Gasteiger partial charge in [-0.15, -0.1) is 0 Å². The van der Waals surface area contributed by atoms with Crippen LogP contribution in [0.5, 0.6) is 11.5 Å². The summed E-state index contributed by atoms with van der Waals surface area (Å²) < 4.78 is 42.7. The molecule has 2 aromatic carbocycles. The van der Waals surface area contributed by atoms with E-state index < -0.39 is 11.7 Å². The lowest BCUT2D eigenvalue weighted by atomic mass is 10.1. The summed E-state index contributed by atoms with van der Waals surface area (Å²) in [5.41, 5.74) is 1.53. The van der Waals surface area contributed by atoms with Crippen molar-refractivity contribution in [2.45, 2.75) is 20.0 Å². The molecule has 0 saturated heterocycles. The first-order valence-electron chi connectivity index (χ1n) is 5.78. The van der Waals surface area contributed by atoms with Gasteiger partial charge in [0.2, 0.25) is 0 Å². The molecule has 0 aliphatic rings. The van der Waals surface area contributed by atoms with Crippen molar-refractivity contribution in [3.63, 3.8) is 0 Å². The van der Waals surface area contributed by atoms with E-state index in [2.05, 4.69) is 0 Å². The summed E-state index contributed by atoms with van der Waals surface area (Å²) in [5, 5.41) is 0. The SMILES string of the molecule is Cc1ccc(Oc2ccc(C(F)(F)F)cc2)cc1C. The Morgan fingerprint density at radius 1 is 0.789 bits per heavy atom. The van der Waals surface area contributed by atoms with E-state index >= 15 is 0 Å². The van der Waals surface area contributed by atoms with Crippen LogP contribution in [0, 0.1) is 13.8 Å². The van der Waals surface area contributed by atoms with Crippen LogP contribution < -0.4 is 4.74 Å². The number of halogens is 3. The molecule has 100 valence electrons. The van der Waals surface area contributed by atoms with Crippen molar-refractivity contribution in [3.05, 3.63) is 59.2 Å². The van der Waals surface area contributed by atoms with Gasteiger partial charge in [-0.2, -0.15) is 13.2 Å². The van der Waals surface area contributed by atoms with E-state index in [4.69, 9.17) is 4.74 Å². The minimum absolute atomic E-state index is 0.385. The second-order valence-corrected chi connectivity index (χ2v) is 4.37. The average molecular weight is 266 g/mol. The van der Waals surface area contributed by atoms with Crippen LogP contribution in [0.1, 0.15) is 16.7 Å². The lowest BCUT2D eigenvalue weighted by molar-refractivity contribution is -0.137. The normalized spacial score (nSPS) is 11.4. The minimum Gasteiger partial charge on any atom is -0.457 e. The molecular formula is C15H13F3O. The zero-order valence-corrected chi connectivity index (χ0v) is 10.6. The topological polar surface area (TPSA) is 9.23 Å². The second kappa shape index (κ2) is 4.96. The zero-order valence-electron chi connectivity index (χ0n) is 10.6. The Morgan fingerprint density at radius 2 is 1.37 bits per heavy atom. The molecule has 0 N–H and O–H groups in total. The van der Waals surface area contributed by atoms with E-state index in [1.165, 1.54) is 12.1 Å². The third-order valence-electron chi connectivity index (χ3n) is 2.90. The predicted octanol–water partition coefficient (Wildman–Crippen LogP) is 5.11. The average Bonchev–Trinajstić information content (AvgIpc) is 2.33. The molecule has 0 unspecified atom stereocenters. The third kappa shape index (κ3) is 3.28. The molecule has 0 spiro atoms. The van der Waals surface area contributed by atoms with Crippen molar-refractivity contribution in [1.29, 1.82) is 0 Å². The Balaban J connectivity index is 2.17. The van der Waals surface area contributed by atoms with E-state index in [1.807, 2.05) is 26.0 Å². The van der Waals surface area contributed by atoms with Crippen LogP contribution in [0.2, 0.25) is 0 Å². The fourth-order valence-corrected chi connectivity index (χ4v) is 1.63. The maximum absolute atomic E-state index is 12.4. The Labute approximate surface area is 109 Å². The van der Waals surface area contributed by atoms with Gasteiger partial charge in [0, 0.05) is 0 Å². The zero-order chi connectivity index (χ0) is 14.0. The molecule has 0 saturated carbocycles. The molecule has 0 aromatic heterocycles. The quantitative estimate of drug-likeness (QED) is 0.733. The van der Waals surface area contributed by atoms with Crippen LogP contribution in [0.15, 0.2) is 42.5 Å². The highest BCUT2D eigenvalue weighted by molar-refractivity contribution is 5.38. The molecule has 0 heterocycles. The first kappa shape index (κ1) is 13.5. The van der Waals surface area contributed by atoms with E-state index in [1.54, 1.807) is 6.07 Å². The highest BCUT2D eigenvalue weighted by Gasteiger charge is 2.30. The van der Waals surface area contributed by atoms with Crippen LogP contribution in [-0.4, -0.2) is 0 Å². The van der Waals surface area contributed by atoms with E-state index in [9.17, 15) is 13.2 Å². The molecule has 0 bridgehead atoms. The summed E-state index contributed by atoms with van der Waals surface area (Å²) in [4.78, 5) is 0. The number of alkyl halides is 3. The molecule has 2 aromatic rings. The van der Waals surface area contributed by atoms with Gasteiger partial charge in [-0.1, -0.05) is 6.07 Å². The fourth-order valence-electron chi connectivity index (χ4n) is 1.63. The summed E-state index contributed by atoms with van der Waals surface area (Å²) in [6, 6.07) is 10.2. The fraction of sp³-hybridized carbons (Fsp3) is 0.200. The van der Waals surface area contributed by atoms with Crippen molar-refractivity contribution >= 4 is 0 Å². The number of benzene rings is 2. The minimum atomic E-state index is -4.32. The van der Waals surface area contributed by atoms with Gasteiger partial charge in [-0.05, 0) is 61.4 Å². The largest absolute Gasteiger partial charge is 0.457 e. The van der Waals surface area contributed by atoms with Crippen molar-refractivity contribution in [2.24, 2.45) is 0 Å². The summed E-state index contributed by atoms with van der Waals surface area (Å²) in [6.45, 7) is 3.94. The summed E-state index contributed by atoms with van der Waals surface area (Å²) >= 11 is 0. The van der Waals surface area contributed by atoms with Crippen LogP contribution >= 0.6 is 0 Å². The molecule has 19 heavy (non-hydrogen) atoms. The predicted molar refractivity (Wildman–Crippen MR) is 67.4 cm³/mol. The molecule has 0 atom stereocenters. The van der Waals surface area contributed by atoms with Gasteiger partial charge in [0.25, 0.3) is 0 Å². The van der Waals surface area contributed by atoms with Crippen LogP contribution in [-0.2, 0) is 6.18 Å². The van der Waals surface area contributed by atoms with Gasteiger partial charge in [-0.25, -0.2) is 0 Å². The Kier molecular flexibility index (Phi) is 3.51. The molecule has 4 heteroatoms. The molecule has 2 rings (SSSR count). The van der Waals surface area contributed by atoms with Gasteiger partial charge in [0.15, 0.2) is 0 Å².